The van der Waals surface area contributed by atoms with E-state index in [1.54, 1.807) is 0 Å². The molecular formula is C27H40F6IOP. The molecule has 0 fully saturated rings. The van der Waals surface area contributed by atoms with Gasteiger partial charge in [-0.15, -0.1) is 0 Å². The van der Waals surface area contributed by atoms with Crippen LogP contribution in [0.15, 0.2) is 54.6 Å². The third-order valence-electron chi connectivity index (χ3n) is 5.28. The summed E-state index contributed by atoms with van der Waals surface area (Å²) >= 11 is -0.0740. The number of ether oxygens (including phenoxy) is 1. The summed E-state index contributed by atoms with van der Waals surface area (Å²) in [6.07, 6.45) is 18.1. The monoisotopic (exact) mass is 652 g/mol. The standard InChI is InChI=1S/C27H40IO.F6P/c1-2-3-4-5-6-7-8-9-10-11-12-13-17-24-29-27-22-20-26(21-23-27)28-25-18-15-14-16-19-25;1-7(2,3,4,5)6/h14-16,18-23H,2-13,17,24H2,1H3;/q+1;-1. The van der Waals surface area contributed by atoms with E-state index in [4.69, 9.17) is 4.74 Å². The molecule has 0 aliphatic rings. The number of hydrogen-bond acceptors (Lipinski definition) is 1. The molecule has 0 spiro atoms. The SMILES string of the molecule is CCCCCCCCCCCCCCCOc1ccc([I+]c2ccccc2)cc1.F[P-](F)(F)(F)(F)F. The second kappa shape index (κ2) is 16.1. The van der Waals surface area contributed by atoms with Gasteiger partial charge in [0.25, 0.3) is 0 Å². The molecule has 0 radical (unpaired) electrons. The molecule has 0 atom stereocenters. The molecule has 208 valence electrons. The summed E-state index contributed by atoms with van der Waals surface area (Å²) < 4.78 is 68.0. The van der Waals surface area contributed by atoms with E-state index in [-0.39, 0.29) is 21.2 Å². The predicted octanol–water partition coefficient (Wildman–Crippen LogP) is 8.67. The van der Waals surface area contributed by atoms with Crippen LogP contribution in [0.25, 0.3) is 0 Å². The fourth-order valence-corrected chi connectivity index (χ4v) is 5.72. The zero-order chi connectivity index (χ0) is 26.8. The van der Waals surface area contributed by atoms with Crippen LogP contribution in [0.2, 0.25) is 0 Å². The molecule has 0 unspecified atom stereocenters. The first kappa shape index (κ1) is 33.0. The van der Waals surface area contributed by atoms with Crippen molar-refractivity contribution in [1.82, 2.24) is 0 Å². The van der Waals surface area contributed by atoms with Gasteiger partial charge in [-0.3, -0.25) is 0 Å². The average Bonchev–Trinajstić information content (AvgIpc) is 2.79. The van der Waals surface area contributed by atoms with Gasteiger partial charge in [-0.05, 0) is 42.8 Å². The maximum atomic E-state index is 9.87. The van der Waals surface area contributed by atoms with Gasteiger partial charge in [0.1, 0.15) is 5.75 Å². The van der Waals surface area contributed by atoms with Crippen molar-refractivity contribution >= 4 is 7.81 Å². The number of hydrogen-bond donors (Lipinski definition) is 0. The Kier molecular flexibility index (Phi) is 14.7. The van der Waals surface area contributed by atoms with Crippen molar-refractivity contribution in [2.24, 2.45) is 0 Å². The molecule has 2 aromatic rings. The number of unbranched alkanes of at least 4 members (excludes halogenated alkanes) is 12. The van der Waals surface area contributed by atoms with E-state index >= 15 is 0 Å². The molecule has 2 rings (SSSR count). The molecule has 9 heteroatoms. The summed E-state index contributed by atoms with van der Waals surface area (Å²) in [4.78, 5) is 0. The molecule has 0 amide bonds. The van der Waals surface area contributed by atoms with Crippen LogP contribution in [-0.4, -0.2) is 6.61 Å². The predicted molar refractivity (Wildman–Crippen MR) is 135 cm³/mol. The van der Waals surface area contributed by atoms with Gasteiger partial charge in [0.15, 0.2) is 7.14 Å². The van der Waals surface area contributed by atoms with Crippen LogP contribution < -0.4 is 25.9 Å². The van der Waals surface area contributed by atoms with E-state index in [0.29, 0.717) is 0 Å². The van der Waals surface area contributed by atoms with Crippen LogP contribution in [0.5, 0.6) is 5.75 Å². The van der Waals surface area contributed by atoms with Crippen molar-refractivity contribution in [3.8, 4) is 5.75 Å². The van der Waals surface area contributed by atoms with Crippen molar-refractivity contribution in [3.05, 3.63) is 61.7 Å². The summed E-state index contributed by atoms with van der Waals surface area (Å²) in [5, 5.41) is 0. The number of halogens is 7. The van der Waals surface area contributed by atoms with Gasteiger partial charge in [0.2, 0.25) is 0 Å². The van der Waals surface area contributed by atoms with Crippen molar-refractivity contribution in [3.63, 3.8) is 0 Å². The molecular weight excluding hydrogens is 612 g/mol. The maximum absolute atomic E-state index is 10.7. The van der Waals surface area contributed by atoms with E-state index < -0.39 is 7.81 Å². The van der Waals surface area contributed by atoms with Gasteiger partial charge < -0.3 is 4.74 Å². The Hall–Kier alpha value is -1.02. The number of benzene rings is 2. The minimum atomic E-state index is -10.7. The first-order chi connectivity index (χ1) is 16.8. The van der Waals surface area contributed by atoms with Crippen molar-refractivity contribution in [2.75, 3.05) is 6.61 Å². The first-order valence-corrected chi connectivity index (χ1v) is 17.0. The molecule has 0 N–H and O–H groups in total. The van der Waals surface area contributed by atoms with Crippen LogP contribution in [-0.2, 0) is 0 Å². The van der Waals surface area contributed by atoms with Crippen LogP contribution in [0.1, 0.15) is 90.4 Å². The summed E-state index contributed by atoms with van der Waals surface area (Å²) in [7, 11) is -10.7. The molecule has 0 aliphatic heterocycles. The van der Waals surface area contributed by atoms with Gasteiger partial charge in [-0.1, -0.05) is 102 Å². The Morgan fingerprint density at radius 3 is 1.39 bits per heavy atom. The topological polar surface area (TPSA) is 9.23 Å². The van der Waals surface area contributed by atoms with Crippen LogP contribution in [0.3, 0.4) is 0 Å². The van der Waals surface area contributed by atoms with Gasteiger partial charge >= 0.3 is 54.2 Å². The molecule has 0 aromatic heterocycles. The van der Waals surface area contributed by atoms with Crippen LogP contribution in [0, 0.1) is 7.14 Å². The van der Waals surface area contributed by atoms with E-state index in [1.807, 2.05) is 0 Å². The summed E-state index contributed by atoms with van der Waals surface area (Å²) in [6, 6.07) is 19.5. The van der Waals surface area contributed by atoms with E-state index in [9.17, 15) is 25.2 Å². The Labute approximate surface area is 222 Å². The zero-order valence-corrected chi connectivity index (χ0v) is 24.1. The summed E-state index contributed by atoms with van der Waals surface area (Å²) in [5.74, 6) is 1.02. The summed E-state index contributed by atoms with van der Waals surface area (Å²) in [5.41, 5.74) is 0. The van der Waals surface area contributed by atoms with E-state index in [2.05, 4.69) is 61.5 Å². The Bertz CT molecular complexity index is 802. The fraction of sp³-hybridized carbons (Fsp3) is 0.556. The zero-order valence-electron chi connectivity index (χ0n) is 21.1. The Morgan fingerprint density at radius 2 is 0.944 bits per heavy atom. The quantitative estimate of drug-likeness (QED) is 0.0720. The van der Waals surface area contributed by atoms with Crippen molar-refractivity contribution < 1.29 is 51.1 Å². The van der Waals surface area contributed by atoms with Gasteiger partial charge in [-0.25, -0.2) is 0 Å². The molecule has 0 saturated heterocycles. The van der Waals surface area contributed by atoms with Crippen LogP contribution >= 0.6 is 7.81 Å². The molecule has 1 nitrogen and oxygen atoms in total. The average molecular weight is 652 g/mol. The fourth-order valence-electron chi connectivity index (χ4n) is 3.51. The van der Waals surface area contributed by atoms with Crippen LogP contribution in [0.4, 0.5) is 25.2 Å². The third-order valence-corrected chi connectivity index (χ3v) is 7.97. The van der Waals surface area contributed by atoms with E-state index in [1.165, 1.54) is 90.6 Å². The Balaban J connectivity index is 0.000000809. The molecule has 36 heavy (non-hydrogen) atoms. The van der Waals surface area contributed by atoms with Crippen molar-refractivity contribution in [1.29, 1.82) is 0 Å². The second-order valence-electron chi connectivity index (χ2n) is 8.89. The molecule has 0 heterocycles. The normalized spacial score (nSPS) is 13.3. The van der Waals surface area contributed by atoms with Crippen molar-refractivity contribution in [2.45, 2.75) is 90.4 Å². The molecule has 0 bridgehead atoms. The molecule has 0 aliphatic carbocycles. The first-order valence-electron chi connectivity index (χ1n) is 12.8. The third kappa shape index (κ3) is 24.7. The second-order valence-corrected chi connectivity index (χ2v) is 13.8. The minimum absolute atomic E-state index is 0.0740. The Morgan fingerprint density at radius 1 is 0.556 bits per heavy atom. The molecule has 0 saturated carbocycles. The van der Waals surface area contributed by atoms with Gasteiger partial charge in [-0.2, -0.15) is 0 Å². The van der Waals surface area contributed by atoms with Gasteiger partial charge in [0, 0.05) is 0 Å². The van der Waals surface area contributed by atoms with Gasteiger partial charge in [0.05, 0.1) is 6.61 Å². The van der Waals surface area contributed by atoms with E-state index in [0.717, 1.165) is 12.4 Å². The number of rotatable bonds is 17. The molecule has 2 aromatic carbocycles. The summed E-state index contributed by atoms with van der Waals surface area (Å²) in [6.45, 7) is 3.14.